The zero-order valence-corrected chi connectivity index (χ0v) is 15.4. The summed E-state index contributed by atoms with van der Waals surface area (Å²) in [6.45, 7) is 5.73. The molecule has 1 aromatic rings. The van der Waals surface area contributed by atoms with Gasteiger partial charge in [0.1, 0.15) is 5.75 Å². The van der Waals surface area contributed by atoms with Gasteiger partial charge in [0.2, 0.25) is 0 Å². The van der Waals surface area contributed by atoms with Gasteiger partial charge < -0.3 is 14.4 Å². The molecule has 0 spiro atoms. The molecule has 1 saturated heterocycles. The lowest BCUT2D eigenvalue weighted by Crippen LogP contribution is -2.51. The smallest absolute Gasteiger partial charge is 0.331 e. The number of rotatable bonds is 5. The fraction of sp³-hybridized carbons (Fsp3) is 0.500. The highest BCUT2D eigenvalue weighted by Gasteiger charge is 2.32. The van der Waals surface area contributed by atoms with Crippen molar-refractivity contribution < 1.29 is 19.1 Å². The molecule has 1 aliphatic heterocycles. The minimum absolute atomic E-state index is 0.120. The van der Waals surface area contributed by atoms with E-state index in [1.165, 1.54) is 6.08 Å². The number of hydrogen-bond acceptors (Lipinski definition) is 4. The lowest BCUT2D eigenvalue weighted by atomic mass is 9.97. The molecule has 5 heteroatoms. The maximum absolute atomic E-state index is 12.6. The molecule has 5 nitrogen and oxygen atoms in total. The Morgan fingerprint density at radius 3 is 2.32 bits per heavy atom. The summed E-state index contributed by atoms with van der Waals surface area (Å²) in [6, 6.07) is 7.69. The van der Waals surface area contributed by atoms with E-state index in [2.05, 4.69) is 0 Å². The van der Waals surface area contributed by atoms with Gasteiger partial charge in [0.25, 0.3) is 5.91 Å². The van der Waals surface area contributed by atoms with Crippen LogP contribution < -0.4 is 4.74 Å². The first-order chi connectivity index (χ1) is 11.9. The van der Waals surface area contributed by atoms with Crippen LogP contribution in [0.2, 0.25) is 0 Å². The Morgan fingerprint density at radius 1 is 1.16 bits per heavy atom. The number of piperidine rings is 1. The molecule has 0 bridgehead atoms. The van der Waals surface area contributed by atoms with Crippen molar-refractivity contribution in [2.75, 3.05) is 7.11 Å². The van der Waals surface area contributed by atoms with E-state index in [0.29, 0.717) is 0 Å². The molecule has 1 heterocycles. The maximum atomic E-state index is 12.6. The summed E-state index contributed by atoms with van der Waals surface area (Å²) in [5.41, 5.74) is 0.856. The quantitative estimate of drug-likeness (QED) is 0.606. The molecule has 0 radical (unpaired) electrons. The number of carbonyl (C=O) groups is 2. The highest BCUT2D eigenvalue weighted by Crippen LogP contribution is 2.23. The molecule has 25 heavy (non-hydrogen) atoms. The lowest BCUT2D eigenvalue weighted by molar-refractivity contribution is -0.158. The van der Waals surface area contributed by atoms with Crippen molar-refractivity contribution in [3.63, 3.8) is 0 Å². The third-order valence-electron chi connectivity index (χ3n) is 4.62. The van der Waals surface area contributed by atoms with Crippen LogP contribution in [0.5, 0.6) is 5.75 Å². The second-order valence-corrected chi connectivity index (χ2v) is 6.56. The number of esters is 1. The first-order valence-electron chi connectivity index (χ1n) is 8.77. The monoisotopic (exact) mass is 345 g/mol. The van der Waals surface area contributed by atoms with Crippen LogP contribution in [0.15, 0.2) is 30.3 Å². The van der Waals surface area contributed by atoms with Gasteiger partial charge in [-0.15, -0.1) is 0 Å². The van der Waals surface area contributed by atoms with Crippen molar-refractivity contribution in [1.82, 2.24) is 4.90 Å². The van der Waals surface area contributed by atoms with E-state index >= 15 is 0 Å². The Morgan fingerprint density at radius 2 is 1.76 bits per heavy atom. The fourth-order valence-electron chi connectivity index (χ4n) is 3.21. The van der Waals surface area contributed by atoms with Crippen LogP contribution in [0.4, 0.5) is 0 Å². The fourth-order valence-corrected chi connectivity index (χ4v) is 3.21. The summed E-state index contributed by atoms with van der Waals surface area (Å²) in [5.74, 6) is 0.114. The molecule has 136 valence electrons. The summed E-state index contributed by atoms with van der Waals surface area (Å²) in [7, 11) is 1.60. The van der Waals surface area contributed by atoms with E-state index < -0.39 is 12.1 Å². The van der Waals surface area contributed by atoms with Crippen LogP contribution >= 0.6 is 0 Å². The molecular weight excluding hydrogens is 318 g/mol. The van der Waals surface area contributed by atoms with E-state index in [1.807, 2.05) is 43.0 Å². The third-order valence-corrected chi connectivity index (χ3v) is 4.62. The summed E-state index contributed by atoms with van der Waals surface area (Å²) in [6.07, 6.45) is 5.34. The lowest BCUT2D eigenvalue weighted by Gasteiger charge is -2.40. The van der Waals surface area contributed by atoms with Gasteiger partial charge in [-0.2, -0.15) is 0 Å². The number of benzene rings is 1. The molecule has 3 atom stereocenters. The Balaban J connectivity index is 1.92. The first-order valence-corrected chi connectivity index (χ1v) is 8.77. The molecule has 0 aromatic heterocycles. The largest absolute Gasteiger partial charge is 0.497 e. The standard InChI is InChI=1S/C20H27NO4/c1-14-6-5-7-15(2)21(14)20(23)16(3)25-19(22)13-10-17-8-11-18(24-4)12-9-17/h8-16H,5-7H2,1-4H3/b13-10+/t14-,15+,16-/m1/s1. The maximum Gasteiger partial charge on any atom is 0.331 e. The molecule has 0 aliphatic carbocycles. The molecule has 0 saturated carbocycles. The van der Waals surface area contributed by atoms with Crippen LogP contribution in [-0.4, -0.2) is 42.1 Å². The van der Waals surface area contributed by atoms with Gasteiger partial charge in [0.05, 0.1) is 7.11 Å². The van der Waals surface area contributed by atoms with Crippen molar-refractivity contribution >= 4 is 18.0 Å². The van der Waals surface area contributed by atoms with Gasteiger partial charge >= 0.3 is 5.97 Å². The van der Waals surface area contributed by atoms with Gasteiger partial charge in [0.15, 0.2) is 6.10 Å². The molecule has 1 fully saturated rings. The molecule has 2 rings (SSSR count). The molecule has 1 aliphatic rings. The van der Waals surface area contributed by atoms with Crippen molar-refractivity contribution in [3.05, 3.63) is 35.9 Å². The molecule has 1 aromatic carbocycles. The van der Waals surface area contributed by atoms with E-state index in [9.17, 15) is 9.59 Å². The van der Waals surface area contributed by atoms with Gasteiger partial charge in [-0.1, -0.05) is 12.1 Å². The normalized spacial score (nSPS) is 21.8. The zero-order chi connectivity index (χ0) is 18.4. The van der Waals surface area contributed by atoms with E-state index in [4.69, 9.17) is 9.47 Å². The second kappa shape index (κ2) is 8.70. The predicted molar refractivity (Wildman–Crippen MR) is 97.2 cm³/mol. The van der Waals surface area contributed by atoms with E-state index in [0.717, 1.165) is 30.6 Å². The van der Waals surface area contributed by atoms with Crippen LogP contribution in [0.3, 0.4) is 0 Å². The van der Waals surface area contributed by atoms with E-state index in [1.54, 1.807) is 20.1 Å². The SMILES string of the molecule is COc1ccc(/C=C/C(=O)O[C@H](C)C(=O)N2[C@H](C)CCC[C@@H]2C)cc1. The van der Waals surface area contributed by atoms with Crippen LogP contribution in [0.1, 0.15) is 45.6 Å². The van der Waals surface area contributed by atoms with Crippen molar-refractivity contribution in [1.29, 1.82) is 0 Å². The van der Waals surface area contributed by atoms with Gasteiger partial charge in [-0.05, 0) is 63.8 Å². The number of ether oxygens (including phenoxy) is 2. The molecule has 0 unspecified atom stereocenters. The van der Waals surface area contributed by atoms with Crippen LogP contribution in [0.25, 0.3) is 6.08 Å². The Kier molecular flexibility index (Phi) is 6.62. The number of nitrogens with zero attached hydrogens (tertiary/aromatic N) is 1. The third kappa shape index (κ3) is 5.08. The molecule has 0 N–H and O–H groups in total. The average molecular weight is 345 g/mol. The average Bonchev–Trinajstić information content (AvgIpc) is 2.60. The van der Waals surface area contributed by atoms with Crippen molar-refractivity contribution in [2.45, 2.75) is 58.2 Å². The predicted octanol–water partition coefficient (Wildman–Crippen LogP) is 3.43. The van der Waals surface area contributed by atoms with Crippen LogP contribution in [0, 0.1) is 0 Å². The highest BCUT2D eigenvalue weighted by atomic mass is 16.5. The topological polar surface area (TPSA) is 55.8 Å². The van der Waals surface area contributed by atoms with Crippen molar-refractivity contribution in [2.24, 2.45) is 0 Å². The Hall–Kier alpha value is -2.30. The van der Waals surface area contributed by atoms with Gasteiger partial charge in [-0.3, -0.25) is 4.79 Å². The second-order valence-electron chi connectivity index (χ2n) is 6.56. The number of amides is 1. The number of methoxy groups -OCH3 is 1. The Labute approximate surface area is 149 Å². The molecule has 1 amide bonds. The Bertz CT molecular complexity index is 613. The van der Waals surface area contributed by atoms with Gasteiger partial charge in [0, 0.05) is 18.2 Å². The number of hydrogen-bond donors (Lipinski definition) is 0. The van der Waals surface area contributed by atoms with E-state index in [-0.39, 0.29) is 18.0 Å². The highest BCUT2D eigenvalue weighted by molar-refractivity contribution is 5.90. The van der Waals surface area contributed by atoms with Crippen molar-refractivity contribution in [3.8, 4) is 5.75 Å². The summed E-state index contributed by atoms with van der Waals surface area (Å²) >= 11 is 0. The summed E-state index contributed by atoms with van der Waals surface area (Å²) in [5, 5.41) is 0. The zero-order valence-electron chi connectivity index (χ0n) is 15.4. The number of likely N-dealkylation sites (tertiary alicyclic amines) is 1. The minimum atomic E-state index is -0.781. The number of carbonyl (C=O) groups excluding carboxylic acids is 2. The summed E-state index contributed by atoms with van der Waals surface area (Å²) in [4.78, 5) is 26.5. The van der Waals surface area contributed by atoms with Crippen LogP contribution in [-0.2, 0) is 14.3 Å². The summed E-state index contributed by atoms with van der Waals surface area (Å²) < 4.78 is 10.4. The van der Waals surface area contributed by atoms with Gasteiger partial charge in [-0.25, -0.2) is 4.79 Å². The first kappa shape index (κ1) is 19.0. The minimum Gasteiger partial charge on any atom is -0.497 e. The molecular formula is C20H27NO4.